The van der Waals surface area contributed by atoms with E-state index >= 15 is 4.39 Å². The van der Waals surface area contributed by atoms with Crippen LogP contribution in [0, 0.1) is 5.82 Å². The molecule has 4 rings (SSSR count). The number of benzene rings is 1. The fourth-order valence-corrected chi connectivity index (χ4v) is 4.97. The maximum Gasteiger partial charge on any atom is 0.390 e. The molecular weight excluding hydrogens is 516 g/mol. The third-order valence-corrected chi connectivity index (χ3v) is 6.91. The number of alkyl halides is 3. The molecule has 0 amide bonds. The fourth-order valence-electron chi connectivity index (χ4n) is 3.87. The molecule has 2 N–H and O–H groups in total. The normalized spacial score (nSPS) is 16.4. The van der Waals surface area contributed by atoms with Gasteiger partial charge in [-0.15, -0.1) is 0 Å². The zero-order valence-electron chi connectivity index (χ0n) is 17.9. The Balaban J connectivity index is 1.88. The maximum atomic E-state index is 15.7. The van der Waals surface area contributed by atoms with Crippen LogP contribution in [-0.2, 0) is 14.8 Å². The van der Waals surface area contributed by atoms with Crippen LogP contribution >= 0.6 is 11.6 Å². The van der Waals surface area contributed by atoms with E-state index in [1.54, 1.807) is 0 Å². The molecule has 0 bridgehead atoms. The van der Waals surface area contributed by atoms with Crippen molar-refractivity contribution in [2.24, 2.45) is 5.14 Å². The number of primary sulfonamides is 1. The number of aromatic nitrogens is 3. The Hall–Kier alpha value is -2.61. The van der Waals surface area contributed by atoms with Crippen molar-refractivity contribution >= 4 is 21.6 Å². The Morgan fingerprint density at radius 3 is 2.51 bits per heavy atom. The van der Waals surface area contributed by atoms with E-state index in [1.807, 2.05) is 0 Å². The van der Waals surface area contributed by atoms with Crippen molar-refractivity contribution in [2.45, 2.75) is 36.6 Å². The lowest BCUT2D eigenvalue weighted by Crippen LogP contribution is -2.27. The minimum atomic E-state index is -4.91. The Bertz CT molecular complexity index is 1330. The molecule has 2 aromatic heterocycles. The number of rotatable bonds is 6. The second-order valence-electron chi connectivity index (χ2n) is 7.93. The van der Waals surface area contributed by atoms with Crippen LogP contribution in [0.4, 0.5) is 17.6 Å². The molecule has 3 heterocycles. The van der Waals surface area contributed by atoms with Crippen LogP contribution in [0.2, 0.25) is 5.28 Å². The standard InChI is InChI=1S/C21H19ClF4N4O4S/c22-20-28-7-4-14(29-20)18-17(30-19(34-18)11-5-8-33-9-6-11)13-3-1-2-12(16(13)23)15(35(27,31)32)10-21(24,25)26/h1-4,7,11,15H,5-6,8-10H2,(H2,27,31,32). The van der Waals surface area contributed by atoms with Crippen LogP contribution in [0.5, 0.6) is 0 Å². The molecule has 14 heteroatoms. The summed E-state index contributed by atoms with van der Waals surface area (Å²) in [5, 5.41) is 2.58. The molecule has 3 aromatic rings. The molecule has 1 aliphatic rings. The van der Waals surface area contributed by atoms with Gasteiger partial charge in [-0.3, -0.25) is 0 Å². The Labute approximate surface area is 202 Å². The first-order chi connectivity index (χ1) is 16.4. The monoisotopic (exact) mass is 534 g/mol. The maximum absolute atomic E-state index is 15.7. The van der Waals surface area contributed by atoms with Gasteiger partial charge in [0, 0.05) is 36.5 Å². The van der Waals surface area contributed by atoms with E-state index in [0.29, 0.717) is 26.1 Å². The van der Waals surface area contributed by atoms with Crippen LogP contribution in [0.15, 0.2) is 34.9 Å². The predicted molar refractivity (Wildman–Crippen MR) is 117 cm³/mol. The van der Waals surface area contributed by atoms with Gasteiger partial charge >= 0.3 is 6.18 Å². The van der Waals surface area contributed by atoms with Crippen molar-refractivity contribution in [1.82, 2.24) is 15.0 Å². The third-order valence-electron chi connectivity index (χ3n) is 5.52. The lowest BCUT2D eigenvalue weighted by molar-refractivity contribution is -0.135. The number of nitrogens with zero attached hydrogens (tertiary/aromatic N) is 3. The second-order valence-corrected chi connectivity index (χ2v) is 10.0. The number of hydrogen-bond donors (Lipinski definition) is 1. The largest absolute Gasteiger partial charge is 0.438 e. The molecule has 0 saturated carbocycles. The van der Waals surface area contributed by atoms with Gasteiger partial charge in [0.1, 0.15) is 22.5 Å². The highest BCUT2D eigenvalue weighted by Crippen LogP contribution is 2.41. The van der Waals surface area contributed by atoms with Gasteiger partial charge in [-0.2, -0.15) is 13.2 Å². The summed E-state index contributed by atoms with van der Waals surface area (Å²) in [4.78, 5) is 12.3. The molecule has 188 valence electrons. The van der Waals surface area contributed by atoms with Crippen molar-refractivity contribution in [3.05, 3.63) is 53.0 Å². The van der Waals surface area contributed by atoms with Gasteiger partial charge in [0.05, 0.1) is 6.42 Å². The van der Waals surface area contributed by atoms with Crippen molar-refractivity contribution < 1.29 is 35.1 Å². The number of ether oxygens (including phenoxy) is 1. The van der Waals surface area contributed by atoms with Crippen LogP contribution in [-0.4, -0.2) is 42.8 Å². The summed E-state index contributed by atoms with van der Waals surface area (Å²) in [5.74, 6) is -1.10. The van der Waals surface area contributed by atoms with Crippen molar-refractivity contribution in [1.29, 1.82) is 0 Å². The van der Waals surface area contributed by atoms with Crippen molar-refractivity contribution in [2.75, 3.05) is 13.2 Å². The topological polar surface area (TPSA) is 121 Å². The fraction of sp³-hybridized carbons (Fsp3) is 0.381. The van der Waals surface area contributed by atoms with Gasteiger partial charge in [0.2, 0.25) is 15.3 Å². The Morgan fingerprint density at radius 1 is 1.17 bits per heavy atom. The molecule has 1 aliphatic heterocycles. The molecule has 1 unspecified atom stereocenters. The highest BCUT2D eigenvalue weighted by Gasteiger charge is 2.40. The van der Waals surface area contributed by atoms with E-state index in [2.05, 4.69) is 15.0 Å². The number of hydrogen-bond acceptors (Lipinski definition) is 7. The molecule has 8 nitrogen and oxygen atoms in total. The Morgan fingerprint density at radius 2 is 1.89 bits per heavy atom. The minimum absolute atomic E-state index is 0.00909. The zero-order chi connectivity index (χ0) is 25.4. The molecule has 1 saturated heterocycles. The average molecular weight is 535 g/mol. The first-order valence-electron chi connectivity index (χ1n) is 10.4. The Kier molecular flexibility index (Phi) is 7.13. The summed E-state index contributed by atoms with van der Waals surface area (Å²) in [6.07, 6.45) is -4.24. The van der Waals surface area contributed by atoms with Crippen LogP contribution in [0.25, 0.3) is 22.7 Å². The molecule has 35 heavy (non-hydrogen) atoms. The third kappa shape index (κ3) is 5.80. The van der Waals surface area contributed by atoms with Crippen molar-refractivity contribution in [3.8, 4) is 22.7 Å². The number of oxazole rings is 1. The van der Waals surface area contributed by atoms with Gasteiger partial charge in [-0.25, -0.2) is 32.9 Å². The molecular formula is C21H19ClF4N4O4S. The van der Waals surface area contributed by atoms with E-state index in [-0.39, 0.29) is 39.8 Å². The van der Waals surface area contributed by atoms with E-state index in [9.17, 15) is 21.6 Å². The van der Waals surface area contributed by atoms with Crippen LogP contribution < -0.4 is 5.14 Å². The van der Waals surface area contributed by atoms with Gasteiger partial charge in [-0.1, -0.05) is 12.1 Å². The molecule has 1 atom stereocenters. The molecule has 1 aromatic carbocycles. The van der Waals surface area contributed by atoms with Gasteiger partial charge in [0.25, 0.3) is 0 Å². The second kappa shape index (κ2) is 9.80. The first-order valence-corrected chi connectivity index (χ1v) is 12.4. The summed E-state index contributed by atoms with van der Waals surface area (Å²) in [6, 6.07) is 4.87. The predicted octanol–water partition coefficient (Wildman–Crippen LogP) is 4.77. The summed E-state index contributed by atoms with van der Waals surface area (Å²) >= 11 is 5.90. The summed E-state index contributed by atoms with van der Waals surface area (Å²) < 4.78 is 90.3. The summed E-state index contributed by atoms with van der Waals surface area (Å²) in [6.45, 7) is 0.933. The molecule has 0 radical (unpaired) electrons. The van der Waals surface area contributed by atoms with Crippen LogP contribution in [0.3, 0.4) is 0 Å². The first kappa shape index (κ1) is 25.5. The number of nitrogens with two attached hydrogens (primary N) is 1. The molecule has 0 spiro atoms. The highest BCUT2D eigenvalue weighted by molar-refractivity contribution is 7.89. The van der Waals surface area contributed by atoms with E-state index < -0.39 is 39.3 Å². The molecule has 1 fully saturated rings. The van der Waals surface area contributed by atoms with E-state index in [4.69, 9.17) is 25.9 Å². The highest BCUT2D eigenvalue weighted by atomic mass is 35.5. The lowest BCUT2D eigenvalue weighted by atomic mass is 10.00. The summed E-state index contributed by atoms with van der Waals surface area (Å²) in [5.41, 5.74) is -0.913. The minimum Gasteiger partial charge on any atom is -0.438 e. The zero-order valence-corrected chi connectivity index (χ0v) is 19.5. The summed E-state index contributed by atoms with van der Waals surface area (Å²) in [7, 11) is -4.81. The quantitative estimate of drug-likeness (QED) is 0.357. The number of sulfonamides is 1. The molecule has 0 aliphatic carbocycles. The van der Waals surface area contributed by atoms with Gasteiger partial charge < -0.3 is 9.15 Å². The van der Waals surface area contributed by atoms with E-state index in [0.717, 1.165) is 6.07 Å². The average Bonchev–Trinajstić information content (AvgIpc) is 3.22. The van der Waals surface area contributed by atoms with Gasteiger partial charge in [0.15, 0.2) is 11.7 Å². The number of halogens is 5. The van der Waals surface area contributed by atoms with Gasteiger partial charge in [-0.05, 0) is 36.6 Å². The van der Waals surface area contributed by atoms with E-state index in [1.165, 1.54) is 24.4 Å². The van der Waals surface area contributed by atoms with Crippen LogP contribution in [0.1, 0.15) is 41.9 Å². The smallest absolute Gasteiger partial charge is 0.390 e. The lowest BCUT2D eigenvalue weighted by Gasteiger charge is -2.19. The van der Waals surface area contributed by atoms with Crippen molar-refractivity contribution in [3.63, 3.8) is 0 Å². The SMILES string of the molecule is NS(=O)(=O)C(CC(F)(F)F)c1cccc(-c2nc(C3CCOCC3)oc2-c2ccnc(Cl)n2)c1F.